The highest BCUT2D eigenvalue weighted by molar-refractivity contribution is 4.54. The zero-order chi connectivity index (χ0) is 7.28. The summed E-state index contributed by atoms with van der Waals surface area (Å²) in [4.78, 5) is 0. The van der Waals surface area contributed by atoms with Crippen LogP contribution in [0.25, 0.3) is 0 Å². The Kier molecular flexibility index (Phi) is 4.72. The summed E-state index contributed by atoms with van der Waals surface area (Å²) < 4.78 is 5.33. The summed E-state index contributed by atoms with van der Waals surface area (Å²) in [5, 5.41) is 3.10. The third-order valence-electron chi connectivity index (χ3n) is 1.17. The van der Waals surface area contributed by atoms with Gasteiger partial charge < -0.3 is 10.1 Å². The van der Waals surface area contributed by atoms with E-state index in [2.05, 4.69) is 12.2 Å². The predicted molar refractivity (Wildman–Crippen MR) is 39.6 cm³/mol. The largest absolute Gasteiger partial charge is 0.377 e. The topological polar surface area (TPSA) is 21.3 Å². The van der Waals surface area contributed by atoms with Gasteiger partial charge in [-0.3, -0.25) is 0 Å². The van der Waals surface area contributed by atoms with Crippen LogP contribution in [0.5, 0.6) is 0 Å². The van der Waals surface area contributed by atoms with Gasteiger partial charge in [-0.05, 0) is 27.8 Å². The van der Waals surface area contributed by atoms with Crippen LogP contribution in [-0.2, 0) is 4.74 Å². The molecule has 0 aromatic rings. The van der Waals surface area contributed by atoms with Crippen molar-refractivity contribution in [2.75, 3.05) is 13.7 Å². The van der Waals surface area contributed by atoms with Crippen molar-refractivity contribution in [2.24, 2.45) is 0 Å². The molecule has 0 aromatic heterocycles. The molecule has 0 amide bonds. The number of rotatable bonds is 4. The van der Waals surface area contributed by atoms with Crippen molar-refractivity contribution in [1.29, 1.82) is 0 Å². The van der Waals surface area contributed by atoms with Gasteiger partial charge in [-0.15, -0.1) is 0 Å². The van der Waals surface area contributed by atoms with Gasteiger partial charge in [-0.25, -0.2) is 0 Å². The normalized spacial score (nSPS) is 14.3. The van der Waals surface area contributed by atoms with Gasteiger partial charge in [0.25, 0.3) is 0 Å². The molecule has 0 aliphatic carbocycles. The molecule has 1 unspecified atom stereocenters. The molecule has 0 radical (unpaired) electrons. The minimum absolute atomic E-state index is 0.348. The molecule has 56 valence electrons. The Bertz CT molecular complexity index is 63.9. The molecule has 0 saturated heterocycles. The van der Waals surface area contributed by atoms with Crippen LogP contribution in [0.1, 0.15) is 20.8 Å². The minimum Gasteiger partial charge on any atom is -0.377 e. The van der Waals surface area contributed by atoms with Gasteiger partial charge in [0, 0.05) is 6.04 Å². The third kappa shape index (κ3) is 5.80. The fourth-order valence-electron chi connectivity index (χ4n) is 0.420. The zero-order valence-corrected chi connectivity index (χ0v) is 6.77. The molecule has 0 saturated carbocycles. The second-order valence-corrected chi connectivity index (χ2v) is 2.57. The number of hydrogen-bond donors (Lipinski definition) is 1. The number of likely N-dealkylation sites (N-methyl/N-ethyl adjacent to an activating group) is 1. The second-order valence-electron chi connectivity index (χ2n) is 2.57. The van der Waals surface area contributed by atoms with Gasteiger partial charge in [0.1, 0.15) is 0 Å². The summed E-state index contributed by atoms with van der Waals surface area (Å²) in [5.41, 5.74) is 0. The van der Waals surface area contributed by atoms with Crippen molar-refractivity contribution in [1.82, 2.24) is 5.32 Å². The second kappa shape index (κ2) is 4.77. The average Bonchev–Trinajstić information content (AvgIpc) is 1.83. The molecule has 2 nitrogen and oxygen atoms in total. The van der Waals surface area contributed by atoms with Crippen LogP contribution in [0, 0.1) is 0 Å². The third-order valence-corrected chi connectivity index (χ3v) is 1.17. The Morgan fingerprint density at radius 2 is 1.89 bits per heavy atom. The van der Waals surface area contributed by atoms with Crippen molar-refractivity contribution in [3.05, 3.63) is 0 Å². The van der Waals surface area contributed by atoms with Gasteiger partial charge in [-0.1, -0.05) is 0 Å². The van der Waals surface area contributed by atoms with Crippen molar-refractivity contribution >= 4 is 0 Å². The van der Waals surface area contributed by atoms with Crippen molar-refractivity contribution in [3.8, 4) is 0 Å². The first-order chi connectivity index (χ1) is 4.16. The SMILES string of the molecule is CNC(C)COC(C)C. The fraction of sp³-hybridized carbons (Fsp3) is 1.00. The monoisotopic (exact) mass is 131 g/mol. The molecule has 0 bridgehead atoms. The van der Waals surface area contributed by atoms with Crippen LogP contribution in [0.3, 0.4) is 0 Å². The van der Waals surface area contributed by atoms with Crippen LogP contribution < -0.4 is 5.32 Å². The highest BCUT2D eigenvalue weighted by atomic mass is 16.5. The average molecular weight is 131 g/mol. The first-order valence-corrected chi connectivity index (χ1v) is 3.45. The highest BCUT2D eigenvalue weighted by Gasteiger charge is 1.98. The van der Waals surface area contributed by atoms with E-state index in [4.69, 9.17) is 4.74 Å². The molecular weight excluding hydrogens is 114 g/mol. The molecule has 0 aromatic carbocycles. The lowest BCUT2D eigenvalue weighted by molar-refractivity contribution is 0.0660. The molecule has 0 fully saturated rings. The molecule has 0 rings (SSSR count). The molecular formula is C7H17NO. The Balaban J connectivity index is 3.06. The minimum atomic E-state index is 0.348. The molecule has 1 atom stereocenters. The van der Waals surface area contributed by atoms with Crippen LogP contribution >= 0.6 is 0 Å². The lowest BCUT2D eigenvalue weighted by Gasteiger charge is -2.12. The fourth-order valence-corrected chi connectivity index (χ4v) is 0.420. The van der Waals surface area contributed by atoms with Crippen molar-refractivity contribution in [2.45, 2.75) is 32.9 Å². The molecule has 0 aliphatic rings. The van der Waals surface area contributed by atoms with E-state index in [9.17, 15) is 0 Å². The summed E-state index contributed by atoms with van der Waals surface area (Å²) in [6.07, 6.45) is 0.348. The standard InChI is InChI=1S/C7H17NO/c1-6(2)9-5-7(3)8-4/h6-8H,5H2,1-4H3. The molecule has 9 heavy (non-hydrogen) atoms. The van der Waals surface area contributed by atoms with Crippen LogP contribution in [0.2, 0.25) is 0 Å². The lowest BCUT2D eigenvalue weighted by Crippen LogP contribution is -2.28. The first-order valence-electron chi connectivity index (χ1n) is 3.45. The number of ether oxygens (including phenoxy) is 1. The summed E-state index contributed by atoms with van der Waals surface area (Å²) >= 11 is 0. The molecule has 1 N–H and O–H groups in total. The van der Waals surface area contributed by atoms with E-state index in [-0.39, 0.29) is 0 Å². The van der Waals surface area contributed by atoms with Crippen molar-refractivity contribution < 1.29 is 4.74 Å². The molecule has 0 spiro atoms. The smallest absolute Gasteiger partial charge is 0.0620 e. The van der Waals surface area contributed by atoms with Gasteiger partial charge in [-0.2, -0.15) is 0 Å². The van der Waals surface area contributed by atoms with E-state index in [1.165, 1.54) is 0 Å². The van der Waals surface area contributed by atoms with Crippen molar-refractivity contribution in [3.63, 3.8) is 0 Å². The summed E-state index contributed by atoms with van der Waals surface area (Å²) in [7, 11) is 1.94. The lowest BCUT2D eigenvalue weighted by atomic mass is 10.4. The zero-order valence-electron chi connectivity index (χ0n) is 6.77. The summed E-state index contributed by atoms with van der Waals surface area (Å²) in [6.45, 7) is 6.99. The van der Waals surface area contributed by atoms with E-state index in [0.29, 0.717) is 12.1 Å². The molecule has 2 heteroatoms. The van der Waals surface area contributed by atoms with Crippen LogP contribution in [-0.4, -0.2) is 25.8 Å². The van der Waals surface area contributed by atoms with Crippen LogP contribution in [0.4, 0.5) is 0 Å². The van der Waals surface area contributed by atoms with Gasteiger partial charge in [0.05, 0.1) is 12.7 Å². The predicted octanol–water partition coefficient (Wildman–Crippen LogP) is 1.02. The Morgan fingerprint density at radius 1 is 1.33 bits per heavy atom. The molecule has 0 heterocycles. The molecule has 0 aliphatic heterocycles. The van der Waals surface area contributed by atoms with E-state index in [1.807, 2.05) is 20.9 Å². The van der Waals surface area contributed by atoms with Crippen LogP contribution in [0.15, 0.2) is 0 Å². The highest BCUT2D eigenvalue weighted by Crippen LogP contribution is 1.89. The van der Waals surface area contributed by atoms with Gasteiger partial charge >= 0.3 is 0 Å². The van der Waals surface area contributed by atoms with E-state index in [0.717, 1.165) is 6.61 Å². The van der Waals surface area contributed by atoms with Gasteiger partial charge in [0.15, 0.2) is 0 Å². The maximum absolute atomic E-state index is 5.33. The summed E-state index contributed by atoms with van der Waals surface area (Å²) in [5.74, 6) is 0. The Hall–Kier alpha value is -0.0800. The number of hydrogen-bond acceptors (Lipinski definition) is 2. The van der Waals surface area contributed by atoms with E-state index in [1.54, 1.807) is 0 Å². The first kappa shape index (κ1) is 8.92. The summed E-state index contributed by atoms with van der Waals surface area (Å²) in [6, 6.07) is 0.465. The Morgan fingerprint density at radius 3 is 2.22 bits per heavy atom. The van der Waals surface area contributed by atoms with E-state index < -0.39 is 0 Å². The maximum atomic E-state index is 5.33. The Labute approximate surface area is 57.6 Å². The number of nitrogens with one attached hydrogen (secondary N) is 1. The van der Waals surface area contributed by atoms with E-state index >= 15 is 0 Å². The van der Waals surface area contributed by atoms with Gasteiger partial charge in [0.2, 0.25) is 0 Å². The maximum Gasteiger partial charge on any atom is 0.0620 e. The quantitative estimate of drug-likeness (QED) is 0.615.